The molecule has 0 bridgehead atoms. The first-order valence-electron chi connectivity index (χ1n) is 6.50. The third kappa shape index (κ3) is 5.00. The van der Waals surface area contributed by atoms with Crippen LogP contribution in [0.3, 0.4) is 0 Å². The lowest BCUT2D eigenvalue weighted by Crippen LogP contribution is -2.37. The van der Waals surface area contributed by atoms with Gasteiger partial charge in [-0.3, -0.25) is 4.79 Å². The van der Waals surface area contributed by atoms with Crippen LogP contribution in [-0.4, -0.2) is 18.6 Å². The number of hydrogen-bond acceptors (Lipinski definition) is 3. The van der Waals surface area contributed by atoms with E-state index in [-0.39, 0.29) is 21.8 Å². The Morgan fingerprint density at radius 3 is 2.70 bits per heavy atom. The van der Waals surface area contributed by atoms with Gasteiger partial charge in [-0.05, 0) is 41.3 Å². The van der Waals surface area contributed by atoms with Crippen molar-refractivity contribution < 1.29 is 13.9 Å². The monoisotopic (exact) mass is 346 g/mol. The zero-order valence-corrected chi connectivity index (χ0v) is 13.5. The van der Waals surface area contributed by atoms with E-state index in [9.17, 15) is 9.18 Å². The molecule has 112 valence electrons. The number of amides is 1. The number of carbonyl (C=O) groups is 1. The molecule has 0 heterocycles. The molecule has 0 aromatic heterocycles. The molecule has 0 fully saturated rings. The molecule has 1 amide bonds. The van der Waals surface area contributed by atoms with Gasteiger partial charge in [0, 0.05) is 12.6 Å². The van der Waals surface area contributed by atoms with Crippen molar-refractivity contribution in [3.8, 4) is 5.75 Å². The Labute approximate surface area is 127 Å². The van der Waals surface area contributed by atoms with Gasteiger partial charge in [0.2, 0.25) is 0 Å². The van der Waals surface area contributed by atoms with Gasteiger partial charge in [0.25, 0.3) is 5.91 Å². The molecule has 6 heteroatoms. The number of anilines is 1. The minimum absolute atomic E-state index is 0.164. The number of benzene rings is 1. The van der Waals surface area contributed by atoms with E-state index in [1.807, 2.05) is 0 Å². The number of halogens is 2. The molecule has 0 saturated carbocycles. The third-order valence-electron chi connectivity index (χ3n) is 2.75. The van der Waals surface area contributed by atoms with E-state index in [0.29, 0.717) is 12.5 Å². The summed E-state index contributed by atoms with van der Waals surface area (Å²) in [5.74, 6) is -0.0464. The molecular weight excluding hydrogens is 327 g/mol. The summed E-state index contributed by atoms with van der Waals surface area (Å²) in [7, 11) is 0. The van der Waals surface area contributed by atoms with Gasteiger partial charge in [-0.15, -0.1) is 0 Å². The van der Waals surface area contributed by atoms with Crippen LogP contribution < -0.4 is 15.8 Å². The van der Waals surface area contributed by atoms with Gasteiger partial charge >= 0.3 is 0 Å². The smallest absolute Gasteiger partial charge is 0.260 e. The molecule has 0 aliphatic rings. The topological polar surface area (TPSA) is 64.3 Å². The van der Waals surface area contributed by atoms with Crippen molar-refractivity contribution in [3.63, 3.8) is 0 Å². The van der Waals surface area contributed by atoms with Crippen molar-refractivity contribution >= 4 is 27.5 Å². The van der Waals surface area contributed by atoms with Crippen LogP contribution in [0.25, 0.3) is 0 Å². The molecule has 0 radical (unpaired) electrons. The quantitative estimate of drug-likeness (QED) is 0.778. The maximum atomic E-state index is 13.4. The minimum atomic E-state index is -0.731. The number of rotatable bonds is 6. The van der Waals surface area contributed by atoms with Crippen LogP contribution in [0.15, 0.2) is 16.6 Å². The standard InChI is InChI=1S/C14H20BrFN2O2/c1-8(2)4-5-18-14(19)9(3)20-13-7-11(16)10(15)6-12(13)17/h6-9H,4-5,17H2,1-3H3,(H,18,19). The van der Waals surface area contributed by atoms with E-state index in [2.05, 4.69) is 35.1 Å². The fourth-order valence-corrected chi connectivity index (χ4v) is 1.88. The van der Waals surface area contributed by atoms with Crippen LogP contribution in [0.4, 0.5) is 10.1 Å². The molecule has 1 atom stereocenters. The molecule has 1 aromatic rings. The summed E-state index contributed by atoms with van der Waals surface area (Å²) in [6, 6.07) is 2.57. The third-order valence-corrected chi connectivity index (χ3v) is 3.35. The summed E-state index contributed by atoms with van der Waals surface area (Å²) in [4.78, 5) is 11.8. The second kappa shape index (κ2) is 7.47. The van der Waals surface area contributed by atoms with Crippen LogP contribution >= 0.6 is 15.9 Å². The summed E-state index contributed by atoms with van der Waals surface area (Å²) in [6.07, 6.45) is 0.165. The summed E-state index contributed by atoms with van der Waals surface area (Å²) in [6.45, 7) is 6.35. The van der Waals surface area contributed by atoms with Crippen molar-refractivity contribution in [1.29, 1.82) is 0 Å². The summed E-state index contributed by atoms with van der Waals surface area (Å²) < 4.78 is 19.1. The molecular formula is C14H20BrFN2O2. The van der Waals surface area contributed by atoms with Crippen molar-refractivity contribution in [3.05, 3.63) is 22.4 Å². The lowest BCUT2D eigenvalue weighted by Gasteiger charge is -2.16. The summed E-state index contributed by atoms with van der Waals surface area (Å²) in [5.41, 5.74) is 6.00. The Morgan fingerprint density at radius 1 is 1.45 bits per heavy atom. The lowest BCUT2D eigenvalue weighted by molar-refractivity contribution is -0.127. The number of hydrogen-bond donors (Lipinski definition) is 2. The van der Waals surface area contributed by atoms with E-state index in [1.165, 1.54) is 6.07 Å². The Morgan fingerprint density at radius 2 is 2.10 bits per heavy atom. The van der Waals surface area contributed by atoms with Crippen LogP contribution in [0.5, 0.6) is 5.75 Å². The van der Waals surface area contributed by atoms with Gasteiger partial charge in [-0.2, -0.15) is 0 Å². The molecule has 0 aliphatic carbocycles. The predicted octanol–water partition coefficient (Wildman–Crippen LogP) is 3.10. The van der Waals surface area contributed by atoms with Crippen LogP contribution in [0, 0.1) is 11.7 Å². The second-order valence-corrected chi connectivity index (χ2v) is 5.89. The predicted molar refractivity (Wildman–Crippen MR) is 81.1 cm³/mol. The van der Waals surface area contributed by atoms with E-state index in [1.54, 1.807) is 6.92 Å². The van der Waals surface area contributed by atoms with Gasteiger partial charge < -0.3 is 15.8 Å². The zero-order valence-electron chi connectivity index (χ0n) is 11.9. The van der Waals surface area contributed by atoms with Gasteiger partial charge in [0.15, 0.2) is 6.10 Å². The van der Waals surface area contributed by atoms with E-state index in [0.717, 1.165) is 12.5 Å². The Bertz CT molecular complexity index is 480. The summed E-state index contributed by atoms with van der Waals surface area (Å²) in [5, 5.41) is 2.77. The van der Waals surface area contributed by atoms with Gasteiger partial charge in [0.1, 0.15) is 11.6 Å². The highest BCUT2D eigenvalue weighted by molar-refractivity contribution is 9.10. The first-order valence-corrected chi connectivity index (χ1v) is 7.29. The molecule has 1 aromatic carbocycles. The number of nitrogens with one attached hydrogen (secondary N) is 1. The first-order chi connectivity index (χ1) is 9.31. The van der Waals surface area contributed by atoms with E-state index in [4.69, 9.17) is 10.5 Å². The van der Waals surface area contributed by atoms with E-state index < -0.39 is 11.9 Å². The van der Waals surface area contributed by atoms with Crippen LogP contribution in [0.1, 0.15) is 27.2 Å². The SMILES string of the molecule is CC(C)CCNC(=O)C(C)Oc1cc(F)c(Br)cc1N. The molecule has 0 spiro atoms. The molecule has 0 saturated heterocycles. The first kappa shape index (κ1) is 16.8. The largest absolute Gasteiger partial charge is 0.479 e. The van der Waals surface area contributed by atoms with Crippen molar-refractivity contribution in [2.45, 2.75) is 33.3 Å². The average Bonchev–Trinajstić information content (AvgIpc) is 2.35. The van der Waals surface area contributed by atoms with Crippen LogP contribution in [0.2, 0.25) is 0 Å². The Hall–Kier alpha value is -1.30. The van der Waals surface area contributed by atoms with Crippen molar-refractivity contribution in [1.82, 2.24) is 5.32 Å². The normalized spacial score (nSPS) is 12.3. The van der Waals surface area contributed by atoms with Crippen molar-refractivity contribution in [2.75, 3.05) is 12.3 Å². The second-order valence-electron chi connectivity index (χ2n) is 5.04. The number of nitrogens with two attached hydrogens (primary N) is 1. The maximum Gasteiger partial charge on any atom is 0.260 e. The minimum Gasteiger partial charge on any atom is -0.479 e. The van der Waals surface area contributed by atoms with E-state index >= 15 is 0 Å². The molecule has 1 unspecified atom stereocenters. The van der Waals surface area contributed by atoms with Gasteiger partial charge in [-0.1, -0.05) is 13.8 Å². The summed E-state index contributed by atoms with van der Waals surface area (Å²) >= 11 is 3.03. The Kier molecular flexibility index (Phi) is 6.26. The highest BCUT2D eigenvalue weighted by Gasteiger charge is 2.16. The number of ether oxygens (including phenoxy) is 1. The fourth-order valence-electron chi connectivity index (χ4n) is 1.52. The van der Waals surface area contributed by atoms with Crippen LogP contribution in [-0.2, 0) is 4.79 Å². The molecule has 4 nitrogen and oxygen atoms in total. The highest BCUT2D eigenvalue weighted by Crippen LogP contribution is 2.29. The Balaban J connectivity index is 2.59. The maximum absolute atomic E-state index is 13.4. The number of carbonyl (C=O) groups excluding carboxylic acids is 1. The molecule has 1 rings (SSSR count). The lowest BCUT2D eigenvalue weighted by atomic mass is 10.1. The van der Waals surface area contributed by atoms with Gasteiger partial charge in [-0.25, -0.2) is 4.39 Å². The fraction of sp³-hybridized carbons (Fsp3) is 0.500. The molecule has 3 N–H and O–H groups in total. The molecule has 20 heavy (non-hydrogen) atoms. The number of nitrogen functional groups attached to an aromatic ring is 1. The molecule has 0 aliphatic heterocycles. The zero-order chi connectivity index (χ0) is 15.3. The van der Waals surface area contributed by atoms with Gasteiger partial charge in [0.05, 0.1) is 10.2 Å². The van der Waals surface area contributed by atoms with Crippen molar-refractivity contribution in [2.24, 2.45) is 5.92 Å². The highest BCUT2D eigenvalue weighted by atomic mass is 79.9. The average molecular weight is 347 g/mol.